The van der Waals surface area contributed by atoms with Crippen LogP contribution in [0.25, 0.3) is 34.4 Å². The molecule has 6 rings (SSSR count). The van der Waals surface area contributed by atoms with Crippen molar-refractivity contribution in [3.8, 4) is 22.3 Å². The van der Waals surface area contributed by atoms with Crippen LogP contribution in [0.5, 0.6) is 0 Å². The Hall–Kier alpha value is -2.13. The molecule has 2 unspecified atom stereocenters. The predicted octanol–water partition coefficient (Wildman–Crippen LogP) is 11.4. The summed E-state index contributed by atoms with van der Waals surface area (Å²) in [6.45, 7) is 7.83. The molecule has 0 heterocycles. The molecule has 0 radical (unpaired) electrons. The fourth-order valence-corrected chi connectivity index (χ4v) is 28.8. The maximum atomic E-state index is 8.48. The van der Waals surface area contributed by atoms with Gasteiger partial charge in [-0.25, -0.2) is 0 Å². The number of benzene rings is 4. The van der Waals surface area contributed by atoms with E-state index in [4.69, 9.17) is 18.6 Å². The van der Waals surface area contributed by atoms with Gasteiger partial charge in [-0.1, -0.05) is 0 Å². The van der Waals surface area contributed by atoms with Crippen molar-refractivity contribution in [2.24, 2.45) is 0 Å². The van der Waals surface area contributed by atoms with Gasteiger partial charge in [-0.15, -0.1) is 0 Å². The van der Waals surface area contributed by atoms with Crippen molar-refractivity contribution in [3.63, 3.8) is 0 Å². The van der Waals surface area contributed by atoms with Crippen LogP contribution in [0.1, 0.15) is 57.4 Å². The molecule has 2 aliphatic rings. The van der Waals surface area contributed by atoms with Gasteiger partial charge in [-0.05, 0) is 0 Å². The SMILES string of the molecule is CCC1=Cc2c(-c3ccccc3)cccc2[CH]1[Ti]([Cl])([Cl])([CH]1C(CC)=Cc2c(-c3ccccc3)cccc21)[SiH](C)C. The molecular weight excluding hydrogens is 579 g/mol. The summed E-state index contributed by atoms with van der Waals surface area (Å²) in [6, 6.07) is 35.1. The molecule has 0 amide bonds. The number of rotatable bonds is 7. The molecule has 2 atom stereocenters. The summed E-state index contributed by atoms with van der Waals surface area (Å²) in [5, 5.41) is 0. The molecule has 4 aromatic rings. The van der Waals surface area contributed by atoms with Crippen molar-refractivity contribution in [2.75, 3.05) is 0 Å². The Kier molecular flexibility index (Phi) is 7.43. The predicted molar refractivity (Wildman–Crippen MR) is 176 cm³/mol. The van der Waals surface area contributed by atoms with Crippen molar-refractivity contribution >= 4 is 37.4 Å². The number of hydrogen-bond acceptors (Lipinski definition) is 0. The molecule has 0 fully saturated rings. The molecule has 0 aromatic heterocycles. The van der Waals surface area contributed by atoms with E-state index in [1.807, 2.05) is 0 Å². The Balaban J connectivity index is 1.59. The van der Waals surface area contributed by atoms with E-state index in [1.54, 1.807) is 0 Å². The molecule has 4 heteroatoms. The Bertz CT molecular complexity index is 1520. The van der Waals surface area contributed by atoms with Crippen molar-refractivity contribution in [1.29, 1.82) is 0 Å². The maximum absolute atomic E-state index is 8.48. The van der Waals surface area contributed by atoms with E-state index >= 15 is 0 Å². The van der Waals surface area contributed by atoms with Crippen LogP contribution in [0.15, 0.2) is 108 Å². The summed E-state index contributed by atoms with van der Waals surface area (Å²) in [5.41, 5.74) is 13.2. The Morgan fingerprint density at radius 3 is 1.32 bits per heavy atom. The molecule has 203 valence electrons. The van der Waals surface area contributed by atoms with E-state index in [9.17, 15) is 0 Å². The third kappa shape index (κ3) is 4.20. The normalized spacial score (nSPS) is 19.0. The molecule has 0 saturated carbocycles. The molecule has 0 aliphatic heterocycles. The molecular formula is C36H37Cl2SiTi. The van der Waals surface area contributed by atoms with E-state index in [2.05, 4.69) is 136 Å². The van der Waals surface area contributed by atoms with Gasteiger partial charge in [-0.3, -0.25) is 0 Å². The number of halogens is 2. The van der Waals surface area contributed by atoms with Gasteiger partial charge >= 0.3 is 251 Å². The van der Waals surface area contributed by atoms with Crippen molar-refractivity contribution in [2.45, 2.75) is 48.2 Å². The van der Waals surface area contributed by atoms with Crippen LogP contribution in [-0.2, 0) is 12.4 Å². The molecule has 0 N–H and O–H groups in total. The third-order valence-electron chi connectivity index (χ3n) is 9.50. The summed E-state index contributed by atoms with van der Waals surface area (Å²) in [4.78, 5) is 0. The van der Waals surface area contributed by atoms with E-state index < -0.39 is 19.1 Å². The second-order valence-corrected chi connectivity index (χ2v) is 41.0. The van der Waals surface area contributed by atoms with Crippen LogP contribution >= 0.6 is 18.6 Å². The van der Waals surface area contributed by atoms with E-state index in [0.29, 0.717) is 0 Å². The second-order valence-electron chi connectivity index (χ2n) is 11.7. The van der Waals surface area contributed by atoms with Gasteiger partial charge < -0.3 is 0 Å². The minimum atomic E-state index is -4.42. The van der Waals surface area contributed by atoms with E-state index in [1.165, 1.54) is 55.7 Å². The molecule has 4 aromatic carbocycles. The van der Waals surface area contributed by atoms with Crippen molar-refractivity contribution < 1.29 is 12.4 Å². The van der Waals surface area contributed by atoms with Gasteiger partial charge in [-0.2, -0.15) is 0 Å². The zero-order chi connectivity index (χ0) is 28.1. The molecule has 40 heavy (non-hydrogen) atoms. The Morgan fingerprint density at radius 2 is 0.975 bits per heavy atom. The van der Waals surface area contributed by atoms with Crippen LogP contribution in [0, 0.1) is 0 Å². The van der Waals surface area contributed by atoms with Crippen LogP contribution in [-0.4, -0.2) is 6.66 Å². The molecule has 0 spiro atoms. The second kappa shape index (κ2) is 10.6. The zero-order valence-corrected chi connectivity index (χ0v) is 28.0. The zero-order valence-electron chi connectivity index (χ0n) is 23.8. The standard InChI is InChI=1S/2C17H15.C2H7Si.2ClH.Ti/c2*1-2-13-11-15-9-6-10-16(17(15)12-13)14-7-4-3-5-8-14;1-3-2;;;/h2*3-12H,2H2,1H3;3H,1-2H3;2*1H;/q;;;;;+2/p-2. The Morgan fingerprint density at radius 1 is 0.575 bits per heavy atom. The summed E-state index contributed by atoms with van der Waals surface area (Å²) in [7, 11) is 17.0. The topological polar surface area (TPSA) is 0 Å². The van der Waals surface area contributed by atoms with Gasteiger partial charge in [0.25, 0.3) is 0 Å². The molecule has 0 bridgehead atoms. The number of allylic oxidation sites excluding steroid dienone is 2. The van der Waals surface area contributed by atoms with Gasteiger partial charge in [0.2, 0.25) is 0 Å². The quantitative estimate of drug-likeness (QED) is 0.181. The minimum absolute atomic E-state index is 0.113. The first-order chi connectivity index (χ1) is 19.3. The van der Waals surface area contributed by atoms with Gasteiger partial charge in [0.1, 0.15) is 0 Å². The first-order valence-electron chi connectivity index (χ1n) is 14.6. The van der Waals surface area contributed by atoms with Crippen LogP contribution in [0.3, 0.4) is 0 Å². The fraction of sp³-hybridized carbons (Fsp3) is 0.222. The first-order valence-corrected chi connectivity index (χ1v) is 26.3. The first kappa shape index (κ1) is 28.0. The van der Waals surface area contributed by atoms with Crippen LogP contribution in [0.4, 0.5) is 0 Å². The van der Waals surface area contributed by atoms with Crippen LogP contribution < -0.4 is 0 Å². The average molecular weight is 617 g/mol. The van der Waals surface area contributed by atoms with Crippen molar-refractivity contribution in [3.05, 3.63) is 130 Å². The molecule has 2 aliphatic carbocycles. The number of fused-ring (bicyclic) bond motifs is 2. The summed E-state index contributed by atoms with van der Waals surface area (Å²) >= 11 is -4.42. The Labute approximate surface area is 249 Å². The van der Waals surface area contributed by atoms with Gasteiger partial charge in [0.05, 0.1) is 0 Å². The summed E-state index contributed by atoms with van der Waals surface area (Å²) < 4.78 is 0.226. The van der Waals surface area contributed by atoms with Crippen molar-refractivity contribution in [1.82, 2.24) is 0 Å². The van der Waals surface area contributed by atoms with Crippen LogP contribution in [0.2, 0.25) is 13.1 Å². The molecule has 0 saturated heterocycles. The summed E-state index contributed by atoms with van der Waals surface area (Å²) in [5.74, 6) is 0. The molecule has 0 nitrogen and oxygen atoms in total. The van der Waals surface area contributed by atoms with E-state index in [-0.39, 0.29) is 8.45 Å². The van der Waals surface area contributed by atoms with Gasteiger partial charge in [0, 0.05) is 0 Å². The van der Waals surface area contributed by atoms with E-state index in [0.717, 1.165) is 12.8 Å². The third-order valence-corrected chi connectivity index (χ3v) is 44.8. The number of hydrogen-bond donors (Lipinski definition) is 0. The monoisotopic (exact) mass is 615 g/mol. The fourth-order valence-electron chi connectivity index (χ4n) is 7.42. The average Bonchev–Trinajstić information content (AvgIpc) is 3.57. The van der Waals surface area contributed by atoms with Gasteiger partial charge in [0.15, 0.2) is 0 Å². The summed E-state index contributed by atoms with van der Waals surface area (Å²) in [6.07, 6.45) is 6.81.